The Morgan fingerprint density at radius 2 is 2.11 bits per heavy atom. The Morgan fingerprint density at radius 1 is 1.44 bits per heavy atom. The highest BCUT2D eigenvalue weighted by Crippen LogP contribution is 2.23. The summed E-state index contributed by atoms with van der Waals surface area (Å²) in [5, 5.41) is 0. The van der Waals surface area contributed by atoms with E-state index in [1.165, 1.54) is 6.26 Å². The lowest BCUT2D eigenvalue weighted by Gasteiger charge is -2.23. The minimum atomic E-state index is -3.18. The van der Waals surface area contributed by atoms with Crippen LogP contribution in [0, 0.1) is 0 Å². The van der Waals surface area contributed by atoms with Crippen LogP contribution in [0.4, 0.5) is 5.95 Å². The molecule has 0 spiro atoms. The van der Waals surface area contributed by atoms with Gasteiger partial charge in [0, 0.05) is 19.0 Å². The minimum Gasteiger partial charge on any atom is -0.369 e. The van der Waals surface area contributed by atoms with E-state index in [1.54, 1.807) is 36.9 Å². The van der Waals surface area contributed by atoms with Gasteiger partial charge in [-0.3, -0.25) is 4.98 Å². The average molecular weight is 268 g/mol. The van der Waals surface area contributed by atoms with Gasteiger partial charge < -0.3 is 10.3 Å². The maximum Gasteiger partial charge on any atom is 0.201 e. The maximum atomic E-state index is 11.7. The van der Waals surface area contributed by atoms with Crippen LogP contribution in [-0.2, 0) is 16.4 Å². The van der Waals surface area contributed by atoms with Gasteiger partial charge in [-0.15, -0.1) is 0 Å². The smallest absolute Gasteiger partial charge is 0.201 e. The average Bonchev–Trinajstić information content (AvgIpc) is 2.54. The van der Waals surface area contributed by atoms with Crippen LogP contribution >= 0.6 is 0 Å². The van der Waals surface area contributed by atoms with Crippen molar-refractivity contribution in [3.63, 3.8) is 0 Å². The van der Waals surface area contributed by atoms with E-state index >= 15 is 0 Å². The number of rotatable bonds is 3. The molecule has 0 aromatic carbocycles. The van der Waals surface area contributed by atoms with Crippen molar-refractivity contribution >= 4 is 26.8 Å². The van der Waals surface area contributed by atoms with Crippen molar-refractivity contribution in [1.29, 1.82) is 0 Å². The first kappa shape index (κ1) is 12.8. The Morgan fingerprint density at radius 3 is 2.72 bits per heavy atom. The van der Waals surface area contributed by atoms with Crippen LogP contribution in [0.2, 0.25) is 0 Å². The summed E-state index contributed by atoms with van der Waals surface area (Å²) in [6.07, 6.45) is 4.47. The second-order valence-electron chi connectivity index (χ2n) is 4.95. The van der Waals surface area contributed by atoms with Gasteiger partial charge in [-0.25, -0.2) is 13.4 Å². The molecule has 0 saturated carbocycles. The van der Waals surface area contributed by atoms with Crippen LogP contribution in [0.3, 0.4) is 0 Å². The van der Waals surface area contributed by atoms with E-state index in [0.717, 1.165) is 5.52 Å². The van der Waals surface area contributed by atoms with Crippen LogP contribution in [0.15, 0.2) is 18.5 Å². The molecule has 18 heavy (non-hydrogen) atoms. The van der Waals surface area contributed by atoms with E-state index in [2.05, 4.69) is 9.97 Å². The molecule has 0 fully saturated rings. The summed E-state index contributed by atoms with van der Waals surface area (Å²) in [5.41, 5.74) is 7.29. The molecule has 0 aliphatic heterocycles. The zero-order chi connectivity index (χ0) is 13.6. The van der Waals surface area contributed by atoms with Crippen LogP contribution in [-0.4, -0.2) is 34.0 Å². The molecule has 6 nitrogen and oxygen atoms in total. The van der Waals surface area contributed by atoms with Crippen molar-refractivity contribution in [2.24, 2.45) is 0 Å². The molecule has 2 aromatic heterocycles. The summed E-state index contributed by atoms with van der Waals surface area (Å²) in [5.74, 6) is 0.301. The van der Waals surface area contributed by atoms with Crippen molar-refractivity contribution < 1.29 is 8.42 Å². The largest absolute Gasteiger partial charge is 0.369 e. The quantitative estimate of drug-likeness (QED) is 0.890. The van der Waals surface area contributed by atoms with E-state index in [4.69, 9.17) is 5.73 Å². The normalized spacial score (nSPS) is 13.1. The molecule has 0 bridgehead atoms. The van der Waals surface area contributed by atoms with E-state index in [0.29, 0.717) is 11.5 Å². The van der Waals surface area contributed by atoms with Gasteiger partial charge >= 0.3 is 0 Å². The fourth-order valence-electron chi connectivity index (χ4n) is 1.66. The number of pyridine rings is 1. The number of nitrogens with zero attached hydrogens (tertiary/aromatic N) is 3. The molecular weight excluding hydrogens is 252 g/mol. The molecule has 0 aliphatic rings. The molecule has 7 heteroatoms. The standard InChI is InChI=1S/C11H16N4O2S/c1-11(2,18(3,16)17)7-15-9-4-5-13-6-8(9)14-10(15)12/h4-6H,7H2,1-3H3,(H2,12,14). The van der Waals surface area contributed by atoms with Gasteiger partial charge in [0.2, 0.25) is 5.95 Å². The second-order valence-corrected chi connectivity index (χ2v) is 7.60. The predicted octanol–water partition coefficient (Wildman–Crippen LogP) is 0.837. The molecule has 2 aromatic rings. The van der Waals surface area contributed by atoms with Crippen molar-refractivity contribution in [1.82, 2.24) is 14.5 Å². The number of hydrogen-bond acceptors (Lipinski definition) is 5. The van der Waals surface area contributed by atoms with Gasteiger partial charge in [-0.2, -0.15) is 0 Å². The van der Waals surface area contributed by atoms with Gasteiger partial charge in [0.25, 0.3) is 0 Å². The number of hydrogen-bond donors (Lipinski definition) is 1. The zero-order valence-electron chi connectivity index (χ0n) is 10.6. The monoisotopic (exact) mass is 268 g/mol. The van der Waals surface area contributed by atoms with Gasteiger partial charge in [-0.1, -0.05) is 0 Å². The number of nitrogen functional groups attached to an aromatic ring is 1. The molecule has 0 radical (unpaired) electrons. The third-order valence-electron chi connectivity index (χ3n) is 3.12. The lowest BCUT2D eigenvalue weighted by molar-refractivity contribution is 0.511. The Balaban J connectivity index is 2.53. The molecule has 0 saturated heterocycles. The van der Waals surface area contributed by atoms with Crippen LogP contribution < -0.4 is 5.73 Å². The number of nitrogens with two attached hydrogens (primary N) is 1. The molecule has 2 N–H and O–H groups in total. The fourth-order valence-corrected chi connectivity index (χ4v) is 2.03. The molecule has 0 atom stereocenters. The number of anilines is 1. The highest BCUT2D eigenvalue weighted by molar-refractivity contribution is 7.92. The molecule has 0 unspecified atom stereocenters. The number of sulfone groups is 1. The number of aromatic nitrogens is 3. The van der Waals surface area contributed by atoms with E-state index < -0.39 is 14.6 Å². The van der Waals surface area contributed by atoms with Crippen molar-refractivity contribution in [2.45, 2.75) is 25.1 Å². The Labute approximate surface area is 106 Å². The van der Waals surface area contributed by atoms with Crippen molar-refractivity contribution in [3.8, 4) is 0 Å². The number of imidazole rings is 1. The van der Waals surface area contributed by atoms with E-state index in [9.17, 15) is 8.42 Å². The lowest BCUT2D eigenvalue weighted by atomic mass is 10.2. The highest BCUT2D eigenvalue weighted by atomic mass is 32.2. The molecule has 98 valence electrons. The molecular formula is C11H16N4O2S. The predicted molar refractivity (Wildman–Crippen MR) is 70.9 cm³/mol. The Hall–Kier alpha value is -1.63. The molecule has 0 aliphatic carbocycles. The van der Waals surface area contributed by atoms with Gasteiger partial charge in [0.1, 0.15) is 5.52 Å². The zero-order valence-corrected chi connectivity index (χ0v) is 11.4. The summed E-state index contributed by atoms with van der Waals surface area (Å²) >= 11 is 0. The van der Waals surface area contributed by atoms with Gasteiger partial charge in [0.15, 0.2) is 9.84 Å². The van der Waals surface area contributed by atoms with E-state index in [1.807, 2.05) is 0 Å². The van der Waals surface area contributed by atoms with E-state index in [-0.39, 0.29) is 6.54 Å². The lowest BCUT2D eigenvalue weighted by Crippen LogP contribution is -2.36. The Kier molecular flexibility index (Phi) is 2.81. The van der Waals surface area contributed by atoms with Crippen molar-refractivity contribution in [3.05, 3.63) is 18.5 Å². The third kappa shape index (κ3) is 2.05. The third-order valence-corrected chi connectivity index (χ3v) is 5.26. The summed E-state index contributed by atoms with van der Waals surface area (Å²) in [7, 11) is -3.18. The summed E-state index contributed by atoms with van der Waals surface area (Å²) in [6, 6.07) is 1.77. The summed E-state index contributed by atoms with van der Waals surface area (Å²) < 4.78 is 24.3. The molecule has 2 rings (SSSR count). The van der Waals surface area contributed by atoms with Crippen LogP contribution in [0.5, 0.6) is 0 Å². The molecule has 0 amide bonds. The number of fused-ring (bicyclic) bond motifs is 1. The van der Waals surface area contributed by atoms with Gasteiger partial charge in [0.05, 0.1) is 16.5 Å². The summed E-state index contributed by atoms with van der Waals surface area (Å²) in [6.45, 7) is 3.61. The maximum absolute atomic E-state index is 11.7. The SMILES string of the molecule is CC(C)(Cn1c(N)nc2cnccc21)S(C)(=O)=O. The summed E-state index contributed by atoms with van der Waals surface area (Å²) in [4.78, 5) is 8.13. The van der Waals surface area contributed by atoms with Crippen molar-refractivity contribution in [2.75, 3.05) is 12.0 Å². The second kappa shape index (κ2) is 3.94. The topological polar surface area (TPSA) is 90.9 Å². The first-order valence-corrected chi connectivity index (χ1v) is 7.37. The first-order valence-electron chi connectivity index (χ1n) is 5.48. The molecule has 2 heterocycles. The highest BCUT2D eigenvalue weighted by Gasteiger charge is 2.31. The van der Waals surface area contributed by atoms with Crippen LogP contribution in [0.25, 0.3) is 11.0 Å². The fraction of sp³-hybridized carbons (Fsp3) is 0.455. The minimum absolute atomic E-state index is 0.262. The van der Waals surface area contributed by atoms with Crippen LogP contribution in [0.1, 0.15) is 13.8 Å². The first-order chi connectivity index (χ1) is 8.22. The van der Waals surface area contributed by atoms with Gasteiger partial charge in [-0.05, 0) is 19.9 Å². The Bertz CT molecular complexity index is 688.